The maximum absolute atomic E-state index is 12.9. The summed E-state index contributed by atoms with van der Waals surface area (Å²) in [5, 5.41) is 0. The van der Waals surface area contributed by atoms with Crippen LogP contribution in [0.4, 0.5) is 26.3 Å². The van der Waals surface area contributed by atoms with Crippen LogP contribution in [0.1, 0.15) is 25.0 Å². The summed E-state index contributed by atoms with van der Waals surface area (Å²) in [6.45, 7) is 4.06. The van der Waals surface area contributed by atoms with Gasteiger partial charge in [-0.05, 0) is 60.0 Å². The van der Waals surface area contributed by atoms with Crippen molar-refractivity contribution in [3.63, 3.8) is 0 Å². The molecule has 6 aromatic rings. The lowest BCUT2D eigenvalue weighted by Crippen LogP contribution is -2.05. The van der Waals surface area contributed by atoms with E-state index in [0.717, 1.165) is 45.7 Å². The van der Waals surface area contributed by atoms with Gasteiger partial charge >= 0.3 is 12.4 Å². The van der Waals surface area contributed by atoms with Crippen LogP contribution >= 0.6 is 23.5 Å². The highest BCUT2D eigenvalue weighted by Gasteiger charge is 2.32. The second-order valence-corrected chi connectivity index (χ2v) is 12.4. The van der Waals surface area contributed by atoms with E-state index in [0.29, 0.717) is 39.7 Å². The molecule has 240 valence electrons. The molecule has 0 spiro atoms. The monoisotopic (exact) mass is 675 g/mol. The Kier molecular flexibility index (Phi) is 9.63. The van der Waals surface area contributed by atoms with Crippen LogP contribution in [-0.4, -0.2) is 45.6 Å². The number of alkyl halides is 6. The van der Waals surface area contributed by atoms with Crippen molar-refractivity contribution in [1.29, 1.82) is 0 Å². The van der Waals surface area contributed by atoms with Crippen LogP contribution < -0.4 is 0 Å². The van der Waals surface area contributed by atoms with Gasteiger partial charge in [-0.15, -0.1) is 23.5 Å². The molecule has 0 atom stereocenters. The van der Waals surface area contributed by atoms with E-state index in [1.165, 1.54) is 6.07 Å². The lowest BCUT2D eigenvalue weighted by molar-refractivity contribution is -0.138. The van der Waals surface area contributed by atoms with Gasteiger partial charge < -0.3 is 9.13 Å². The molecule has 15 heteroatoms. The van der Waals surface area contributed by atoms with Gasteiger partial charge in [-0.25, -0.2) is 15.0 Å². The Morgan fingerprint density at radius 2 is 1.17 bits per heavy atom. The van der Waals surface area contributed by atoms with Crippen molar-refractivity contribution in [2.75, 3.05) is 11.5 Å². The van der Waals surface area contributed by atoms with Crippen molar-refractivity contribution >= 4 is 45.7 Å². The molecular weight excluding hydrogens is 649 g/mol. The molecule has 6 rings (SSSR count). The Labute approximate surface area is 268 Å². The van der Waals surface area contributed by atoms with Gasteiger partial charge in [0.05, 0.1) is 22.2 Å². The van der Waals surface area contributed by atoms with Gasteiger partial charge in [-0.1, -0.05) is 13.8 Å². The minimum atomic E-state index is -4.44. The van der Waals surface area contributed by atoms with Crippen LogP contribution in [0.25, 0.3) is 45.2 Å². The normalized spacial score (nSPS) is 12.0. The Balaban J connectivity index is 0.000000181. The van der Waals surface area contributed by atoms with E-state index < -0.39 is 23.5 Å². The average Bonchev–Trinajstić information content (AvgIpc) is 3.53. The van der Waals surface area contributed by atoms with Crippen molar-refractivity contribution in [3.8, 4) is 23.0 Å². The topological polar surface area (TPSA) is 74.3 Å². The first kappa shape index (κ1) is 33.3. The maximum atomic E-state index is 12.9. The summed E-state index contributed by atoms with van der Waals surface area (Å²) < 4.78 is 80.5. The molecule has 0 saturated carbocycles. The zero-order valence-corrected chi connectivity index (χ0v) is 26.6. The van der Waals surface area contributed by atoms with Crippen molar-refractivity contribution in [1.82, 2.24) is 34.1 Å². The van der Waals surface area contributed by atoms with Gasteiger partial charge in [-0.3, -0.25) is 9.97 Å². The number of benzene rings is 1. The van der Waals surface area contributed by atoms with Crippen LogP contribution in [-0.2, 0) is 26.4 Å². The number of aryl methyl sites for hydroxylation is 2. The van der Waals surface area contributed by atoms with Gasteiger partial charge in [-0.2, -0.15) is 26.3 Å². The Bertz CT molecular complexity index is 1860. The molecule has 0 aliphatic heterocycles. The predicted octanol–water partition coefficient (Wildman–Crippen LogP) is 8.93. The van der Waals surface area contributed by atoms with E-state index in [9.17, 15) is 26.3 Å². The van der Waals surface area contributed by atoms with Crippen molar-refractivity contribution < 1.29 is 26.3 Å². The summed E-state index contributed by atoms with van der Waals surface area (Å²) in [5.41, 5.74) is 1.39. The smallest absolute Gasteiger partial charge is 0.326 e. The number of rotatable bonds is 6. The molecule has 0 bridgehead atoms. The molecule has 0 radical (unpaired) electrons. The van der Waals surface area contributed by atoms with E-state index in [1.807, 2.05) is 38.1 Å². The Morgan fingerprint density at radius 3 is 1.72 bits per heavy atom. The third-order valence-electron chi connectivity index (χ3n) is 6.81. The number of nitrogens with zero attached hydrogens (tertiary/aromatic N) is 7. The molecular formula is C31H27F6N7S2. The largest absolute Gasteiger partial charge is 0.417 e. The summed E-state index contributed by atoms with van der Waals surface area (Å²) >= 11 is 3.23. The predicted molar refractivity (Wildman–Crippen MR) is 168 cm³/mol. The molecule has 0 amide bonds. The molecule has 0 aliphatic rings. The zero-order chi connectivity index (χ0) is 33.2. The number of hydrogen-bond donors (Lipinski definition) is 0. The van der Waals surface area contributed by atoms with Crippen molar-refractivity contribution in [3.05, 3.63) is 78.2 Å². The first-order chi connectivity index (χ1) is 21.8. The second kappa shape index (κ2) is 13.3. The summed E-state index contributed by atoms with van der Waals surface area (Å²) in [4.78, 5) is 23.2. The van der Waals surface area contributed by atoms with Crippen molar-refractivity contribution in [2.45, 2.75) is 36.0 Å². The SMILES string of the molecule is CCSc1cccnc1-c1nc2cc(C(F)(F)F)ccc2n1C.CCSc1cccnc1-c1nc2cc(C(F)(F)F)cnc2n1C. The molecule has 0 unspecified atom stereocenters. The highest BCUT2D eigenvalue weighted by molar-refractivity contribution is 7.99. The molecule has 0 aliphatic carbocycles. The fourth-order valence-electron chi connectivity index (χ4n) is 4.69. The first-order valence-corrected chi connectivity index (χ1v) is 15.9. The number of imidazole rings is 2. The van der Waals surface area contributed by atoms with Gasteiger partial charge in [0.1, 0.15) is 16.9 Å². The van der Waals surface area contributed by atoms with E-state index in [1.54, 1.807) is 59.1 Å². The number of fused-ring (bicyclic) bond motifs is 2. The molecule has 0 saturated heterocycles. The maximum Gasteiger partial charge on any atom is 0.417 e. The second-order valence-electron chi connectivity index (χ2n) is 9.82. The van der Waals surface area contributed by atoms with Crippen LogP contribution in [0.3, 0.4) is 0 Å². The molecule has 7 nitrogen and oxygen atoms in total. The average molecular weight is 676 g/mol. The first-order valence-electron chi connectivity index (χ1n) is 13.9. The molecule has 1 aromatic carbocycles. The summed E-state index contributed by atoms with van der Waals surface area (Å²) in [7, 11) is 3.51. The van der Waals surface area contributed by atoms with E-state index in [2.05, 4.69) is 24.9 Å². The van der Waals surface area contributed by atoms with Gasteiger partial charge in [0.25, 0.3) is 0 Å². The summed E-state index contributed by atoms with van der Waals surface area (Å²) in [5.74, 6) is 2.80. The summed E-state index contributed by atoms with van der Waals surface area (Å²) in [6.07, 6.45) is -4.68. The van der Waals surface area contributed by atoms with E-state index in [4.69, 9.17) is 0 Å². The van der Waals surface area contributed by atoms with Crippen LogP contribution in [0, 0.1) is 0 Å². The molecule has 46 heavy (non-hydrogen) atoms. The van der Waals surface area contributed by atoms with Crippen LogP contribution in [0.2, 0.25) is 0 Å². The number of halogens is 6. The molecule has 5 heterocycles. The van der Waals surface area contributed by atoms with Gasteiger partial charge in [0, 0.05) is 42.5 Å². The number of hydrogen-bond acceptors (Lipinski definition) is 7. The third-order valence-corrected chi connectivity index (χ3v) is 8.67. The van der Waals surface area contributed by atoms with Gasteiger partial charge in [0.15, 0.2) is 17.3 Å². The fourth-order valence-corrected chi connectivity index (χ4v) is 6.22. The molecule has 0 N–H and O–H groups in total. The molecule has 0 fully saturated rings. The molecule has 5 aromatic heterocycles. The summed E-state index contributed by atoms with van der Waals surface area (Å²) in [6, 6.07) is 12.1. The Hall–Kier alpha value is -4.11. The van der Waals surface area contributed by atoms with Gasteiger partial charge in [0.2, 0.25) is 0 Å². The van der Waals surface area contributed by atoms with Crippen LogP contribution in [0.15, 0.2) is 76.9 Å². The highest BCUT2D eigenvalue weighted by atomic mass is 32.2. The zero-order valence-electron chi connectivity index (χ0n) is 25.0. The lowest BCUT2D eigenvalue weighted by Gasteiger charge is -2.07. The Morgan fingerprint density at radius 1 is 0.652 bits per heavy atom. The number of pyridine rings is 3. The number of aromatic nitrogens is 7. The number of thioether (sulfide) groups is 2. The highest BCUT2D eigenvalue weighted by Crippen LogP contribution is 2.35. The minimum absolute atomic E-state index is 0.204. The quantitative estimate of drug-likeness (QED) is 0.129. The standard InChI is InChI=1S/C16H14F3N3S.C15H13F3N4S/c1-3-23-13-5-4-8-20-14(13)15-21-11-9-10(16(17,18)19)6-7-12(11)22(15)2;1-3-23-11-5-4-6-19-12(11)14-21-10-7-9(15(16,17)18)8-20-13(10)22(14)2/h4-9H,3H2,1-2H3;4-8H,3H2,1-2H3. The fraction of sp³-hybridized carbons (Fsp3) is 0.258. The van der Waals surface area contributed by atoms with E-state index >= 15 is 0 Å². The van der Waals surface area contributed by atoms with Crippen molar-refractivity contribution in [2.24, 2.45) is 14.1 Å². The minimum Gasteiger partial charge on any atom is -0.326 e. The van der Waals surface area contributed by atoms with Crippen LogP contribution in [0.5, 0.6) is 0 Å². The van der Waals surface area contributed by atoms with E-state index in [-0.39, 0.29) is 5.52 Å². The third kappa shape index (κ3) is 6.84. The lowest BCUT2D eigenvalue weighted by atomic mass is 10.2.